The number of halogens is 1. The highest BCUT2D eigenvalue weighted by Gasteiger charge is 2.23. The molecule has 26 heavy (non-hydrogen) atoms. The number of para-hydroxylation sites is 1. The molecular weight excluding hydrogens is 350 g/mol. The number of piperidine rings is 1. The van der Waals surface area contributed by atoms with Gasteiger partial charge in [0.25, 0.3) is 0 Å². The van der Waals surface area contributed by atoms with Crippen LogP contribution in [0.3, 0.4) is 0 Å². The second-order valence-electron chi connectivity index (χ2n) is 7.11. The number of hydrogen-bond donors (Lipinski definition) is 2. The van der Waals surface area contributed by atoms with Gasteiger partial charge < -0.3 is 15.5 Å². The number of carbonyl (C=O) groups excluding carboxylic acids is 2. The Morgan fingerprint density at radius 3 is 2.73 bits per heavy atom. The molecule has 0 aliphatic carbocycles. The highest BCUT2D eigenvalue weighted by atomic mass is 35.5. The number of benzene rings is 1. The molecule has 0 saturated carbocycles. The zero-order valence-corrected chi connectivity index (χ0v) is 16.2. The average molecular weight is 380 g/mol. The number of hydrogen-bond acceptors (Lipinski definition) is 3. The minimum Gasteiger partial charge on any atom is -0.356 e. The molecule has 2 amide bonds. The summed E-state index contributed by atoms with van der Waals surface area (Å²) in [5.74, 6) is 0.968. The second-order valence-corrected chi connectivity index (χ2v) is 7.11. The molecule has 2 N–H and O–H groups in total. The van der Waals surface area contributed by atoms with Gasteiger partial charge in [0, 0.05) is 31.6 Å². The fourth-order valence-electron chi connectivity index (χ4n) is 3.79. The van der Waals surface area contributed by atoms with E-state index in [2.05, 4.69) is 16.7 Å². The summed E-state index contributed by atoms with van der Waals surface area (Å²) in [4.78, 5) is 26.2. The largest absolute Gasteiger partial charge is 0.356 e. The van der Waals surface area contributed by atoms with E-state index in [1.54, 1.807) is 0 Å². The van der Waals surface area contributed by atoms with Crippen molar-refractivity contribution in [3.63, 3.8) is 0 Å². The minimum absolute atomic E-state index is 0. The Bertz CT molecular complexity index is 602. The molecule has 3 rings (SSSR count). The fourth-order valence-corrected chi connectivity index (χ4v) is 3.79. The molecule has 1 fully saturated rings. The quantitative estimate of drug-likeness (QED) is 0.716. The Hall–Kier alpha value is -1.59. The van der Waals surface area contributed by atoms with Crippen molar-refractivity contribution < 1.29 is 9.59 Å². The van der Waals surface area contributed by atoms with Gasteiger partial charge in [0.05, 0.1) is 0 Å². The Morgan fingerprint density at radius 1 is 1.15 bits per heavy atom. The maximum atomic E-state index is 12.4. The molecular formula is C20H30ClN3O2. The van der Waals surface area contributed by atoms with E-state index in [9.17, 15) is 9.59 Å². The summed E-state index contributed by atoms with van der Waals surface area (Å²) < 4.78 is 0. The number of rotatable bonds is 7. The number of anilines is 1. The van der Waals surface area contributed by atoms with E-state index in [4.69, 9.17) is 0 Å². The normalized spacial score (nSPS) is 16.7. The van der Waals surface area contributed by atoms with Crippen LogP contribution in [0.1, 0.15) is 44.1 Å². The van der Waals surface area contributed by atoms with Crippen molar-refractivity contribution >= 4 is 29.9 Å². The molecule has 0 unspecified atom stereocenters. The highest BCUT2D eigenvalue weighted by Crippen LogP contribution is 2.28. The van der Waals surface area contributed by atoms with E-state index in [0.29, 0.717) is 31.7 Å². The van der Waals surface area contributed by atoms with Crippen molar-refractivity contribution in [2.75, 3.05) is 31.1 Å². The number of amides is 2. The summed E-state index contributed by atoms with van der Waals surface area (Å²) in [7, 11) is 0. The third-order valence-electron chi connectivity index (χ3n) is 5.32. The van der Waals surface area contributed by atoms with E-state index in [0.717, 1.165) is 38.2 Å². The molecule has 2 aliphatic rings. The summed E-state index contributed by atoms with van der Waals surface area (Å²) >= 11 is 0. The number of carbonyl (C=O) groups is 2. The van der Waals surface area contributed by atoms with Crippen molar-refractivity contribution in [3.05, 3.63) is 29.8 Å². The topological polar surface area (TPSA) is 61.4 Å². The van der Waals surface area contributed by atoms with Crippen LogP contribution >= 0.6 is 12.4 Å². The van der Waals surface area contributed by atoms with Gasteiger partial charge in [0.15, 0.2) is 0 Å². The predicted molar refractivity (Wildman–Crippen MR) is 107 cm³/mol. The SMILES string of the molecule is Cl.O=C(CCC1CCNCC1)NCCCC(=O)N1CCc2ccccc21. The van der Waals surface area contributed by atoms with Crippen molar-refractivity contribution in [1.82, 2.24) is 10.6 Å². The lowest BCUT2D eigenvalue weighted by molar-refractivity contribution is -0.122. The molecule has 2 heterocycles. The maximum Gasteiger partial charge on any atom is 0.227 e. The molecule has 0 aromatic heterocycles. The summed E-state index contributed by atoms with van der Waals surface area (Å²) in [6.45, 7) is 3.52. The first kappa shape index (κ1) is 20.7. The average Bonchev–Trinajstić information content (AvgIpc) is 3.08. The first-order valence-electron chi connectivity index (χ1n) is 9.60. The number of nitrogens with one attached hydrogen (secondary N) is 2. The van der Waals surface area contributed by atoms with Crippen LogP contribution in [0.25, 0.3) is 0 Å². The van der Waals surface area contributed by atoms with Crippen LogP contribution in [0.4, 0.5) is 5.69 Å². The summed E-state index contributed by atoms with van der Waals surface area (Å²) in [6.07, 6.45) is 6.09. The molecule has 0 spiro atoms. The molecule has 1 aromatic carbocycles. The molecule has 1 saturated heterocycles. The van der Waals surface area contributed by atoms with Crippen molar-refractivity contribution in [2.45, 2.75) is 44.9 Å². The van der Waals surface area contributed by atoms with Gasteiger partial charge in [-0.25, -0.2) is 0 Å². The highest BCUT2D eigenvalue weighted by molar-refractivity contribution is 5.95. The molecule has 5 nitrogen and oxygen atoms in total. The molecule has 2 aliphatic heterocycles. The minimum atomic E-state index is 0. The Morgan fingerprint density at radius 2 is 1.92 bits per heavy atom. The lowest BCUT2D eigenvalue weighted by Gasteiger charge is -2.22. The van der Waals surface area contributed by atoms with Crippen LogP contribution < -0.4 is 15.5 Å². The van der Waals surface area contributed by atoms with Gasteiger partial charge in [-0.05, 0) is 62.7 Å². The molecule has 0 bridgehead atoms. The summed E-state index contributed by atoms with van der Waals surface area (Å²) in [5.41, 5.74) is 2.31. The Balaban J connectivity index is 0.00000243. The number of fused-ring (bicyclic) bond motifs is 1. The lowest BCUT2D eigenvalue weighted by atomic mass is 9.93. The Kier molecular flexibility index (Phi) is 8.39. The maximum absolute atomic E-state index is 12.4. The van der Waals surface area contributed by atoms with Crippen LogP contribution in [-0.4, -0.2) is 38.0 Å². The van der Waals surface area contributed by atoms with E-state index < -0.39 is 0 Å². The van der Waals surface area contributed by atoms with Gasteiger partial charge >= 0.3 is 0 Å². The standard InChI is InChI=1S/C20H29N3O2.ClH/c24-19(8-7-16-9-13-21-14-10-16)22-12-3-6-20(25)23-15-11-17-4-1-2-5-18(17)23;/h1-2,4-5,16,21H,3,6-15H2,(H,22,24);1H. The zero-order valence-electron chi connectivity index (χ0n) is 15.3. The molecule has 0 radical (unpaired) electrons. The Labute approximate surface area is 162 Å². The van der Waals surface area contributed by atoms with Crippen LogP contribution in [0.15, 0.2) is 24.3 Å². The van der Waals surface area contributed by atoms with Crippen molar-refractivity contribution in [3.8, 4) is 0 Å². The lowest BCUT2D eigenvalue weighted by Crippen LogP contribution is -2.31. The third-order valence-corrected chi connectivity index (χ3v) is 5.32. The first-order chi connectivity index (χ1) is 12.2. The number of nitrogens with zero attached hydrogens (tertiary/aromatic N) is 1. The van der Waals surface area contributed by atoms with Crippen LogP contribution in [0, 0.1) is 5.92 Å². The van der Waals surface area contributed by atoms with Gasteiger partial charge in [-0.3, -0.25) is 9.59 Å². The second kappa shape index (κ2) is 10.5. The smallest absolute Gasteiger partial charge is 0.227 e. The molecule has 0 atom stereocenters. The third kappa shape index (κ3) is 5.71. The van der Waals surface area contributed by atoms with Gasteiger partial charge in [-0.2, -0.15) is 0 Å². The van der Waals surface area contributed by atoms with Crippen molar-refractivity contribution in [1.29, 1.82) is 0 Å². The molecule has 1 aromatic rings. The van der Waals surface area contributed by atoms with E-state index in [1.807, 2.05) is 23.1 Å². The van der Waals surface area contributed by atoms with Crippen LogP contribution in [0.2, 0.25) is 0 Å². The van der Waals surface area contributed by atoms with Gasteiger partial charge in [0.2, 0.25) is 11.8 Å². The van der Waals surface area contributed by atoms with E-state index >= 15 is 0 Å². The molecule has 144 valence electrons. The van der Waals surface area contributed by atoms with E-state index in [1.165, 1.54) is 18.4 Å². The van der Waals surface area contributed by atoms with Crippen LogP contribution in [0.5, 0.6) is 0 Å². The van der Waals surface area contributed by atoms with Crippen LogP contribution in [-0.2, 0) is 16.0 Å². The fraction of sp³-hybridized carbons (Fsp3) is 0.600. The van der Waals surface area contributed by atoms with Gasteiger partial charge in [-0.15, -0.1) is 12.4 Å². The summed E-state index contributed by atoms with van der Waals surface area (Å²) in [6, 6.07) is 8.10. The first-order valence-corrected chi connectivity index (χ1v) is 9.60. The molecule has 6 heteroatoms. The summed E-state index contributed by atoms with van der Waals surface area (Å²) in [5, 5.41) is 6.31. The zero-order chi connectivity index (χ0) is 17.5. The van der Waals surface area contributed by atoms with Crippen molar-refractivity contribution in [2.24, 2.45) is 5.92 Å². The van der Waals surface area contributed by atoms with E-state index in [-0.39, 0.29) is 24.2 Å². The van der Waals surface area contributed by atoms with Gasteiger partial charge in [-0.1, -0.05) is 18.2 Å². The van der Waals surface area contributed by atoms with Gasteiger partial charge in [0.1, 0.15) is 0 Å². The predicted octanol–water partition coefficient (Wildman–Crippen LogP) is 2.67. The monoisotopic (exact) mass is 379 g/mol.